The van der Waals surface area contributed by atoms with Crippen LogP contribution in [0.3, 0.4) is 0 Å². The Morgan fingerprint density at radius 2 is 1.28 bits per heavy atom. The topological polar surface area (TPSA) is 40.5 Å². The molecule has 6 aromatic rings. The number of aromatic nitrogens is 1. The minimum atomic E-state index is -0.264. The lowest BCUT2D eigenvalue weighted by atomic mass is 9.95. The minimum absolute atomic E-state index is 0.264. The fourth-order valence-electron chi connectivity index (χ4n) is 6.12. The molecule has 2 aliphatic rings. The van der Waals surface area contributed by atoms with Gasteiger partial charge in [0.05, 0.1) is 5.71 Å². The summed E-state index contributed by atoms with van der Waals surface area (Å²) in [6, 6.07) is 44.2. The van der Waals surface area contributed by atoms with Gasteiger partial charge in [-0.2, -0.15) is 0 Å². The number of hydrogen-bond donors (Lipinski definition) is 1. The number of rotatable bonds is 5. The van der Waals surface area contributed by atoms with Crippen molar-refractivity contribution in [2.75, 3.05) is 0 Å². The summed E-state index contributed by atoms with van der Waals surface area (Å²) in [6.45, 7) is 0. The van der Waals surface area contributed by atoms with Crippen LogP contribution in [0.25, 0.3) is 39.1 Å². The Balaban J connectivity index is 1.31. The van der Waals surface area contributed by atoms with Gasteiger partial charge in [-0.1, -0.05) is 103 Å². The second kappa shape index (κ2) is 10.3. The van der Waals surface area contributed by atoms with Gasteiger partial charge in [0.25, 0.3) is 0 Å². The summed E-state index contributed by atoms with van der Waals surface area (Å²) in [7, 11) is 0. The molecule has 0 atom stereocenters. The number of fused-ring (bicyclic) bond motifs is 3. The molecule has 5 aromatic carbocycles. The number of nitrogens with zero attached hydrogens (tertiary/aromatic N) is 2. The monoisotopic (exact) mass is 555 g/mol. The number of aromatic amines is 1. The highest BCUT2D eigenvalue weighted by Gasteiger charge is 2.26. The molecular weight excluding hydrogens is 529 g/mol. The van der Waals surface area contributed by atoms with Gasteiger partial charge in [-0.05, 0) is 81.8 Å². The fraction of sp³-hybridized carbons (Fsp3) is 0.0256. The molecule has 4 heteroatoms. The number of allylic oxidation sites excluding steroid dienone is 1. The third-order valence-electron chi connectivity index (χ3n) is 8.18. The van der Waals surface area contributed by atoms with Gasteiger partial charge >= 0.3 is 0 Å². The van der Waals surface area contributed by atoms with Gasteiger partial charge in [0, 0.05) is 22.4 Å². The molecule has 1 aliphatic carbocycles. The van der Waals surface area contributed by atoms with E-state index in [0.717, 1.165) is 51.2 Å². The van der Waals surface area contributed by atoms with Gasteiger partial charge in [0.2, 0.25) is 0 Å². The van der Waals surface area contributed by atoms with Gasteiger partial charge in [-0.15, -0.1) is 0 Å². The highest BCUT2D eigenvalue weighted by atomic mass is 19.1. The molecule has 0 radical (unpaired) electrons. The van der Waals surface area contributed by atoms with Crippen molar-refractivity contribution in [3.63, 3.8) is 0 Å². The fourth-order valence-corrected chi connectivity index (χ4v) is 6.12. The maximum Gasteiger partial charge on any atom is 0.162 e. The van der Waals surface area contributed by atoms with E-state index in [0.29, 0.717) is 11.7 Å². The Labute approximate surface area is 249 Å². The Hall–Kier alpha value is -5.61. The Kier molecular flexibility index (Phi) is 6.04. The molecule has 1 aliphatic heterocycles. The summed E-state index contributed by atoms with van der Waals surface area (Å²) in [4.78, 5) is 13.9. The first-order valence-corrected chi connectivity index (χ1v) is 14.4. The van der Waals surface area contributed by atoms with Crippen molar-refractivity contribution in [3.8, 4) is 33.5 Å². The SMILES string of the molecule is Fc1ccc(-c2cc(-c3ccccc3)c(N=C3N=C(c4cccc5c4-c4ccccc4C5)C=C3c3ccccc3)[nH]2)cc1. The number of nitrogens with one attached hydrogen (secondary N) is 1. The Morgan fingerprint density at radius 1 is 0.605 bits per heavy atom. The van der Waals surface area contributed by atoms with E-state index in [1.165, 1.54) is 34.4 Å². The van der Waals surface area contributed by atoms with Crippen molar-refractivity contribution in [1.29, 1.82) is 0 Å². The van der Waals surface area contributed by atoms with Crippen molar-refractivity contribution >= 4 is 22.9 Å². The summed E-state index contributed by atoms with van der Waals surface area (Å²) in [5.74, 6) is 1.09. The van der Waals surface area contributed by atoms with Crippen LogP contribution in [0.4, 0.5) is 10.2 Å². The second-order valence-electron chi connectivity index (χ2n) is 10.8. The lowest BCUT2D eigenvalue weighted by molar-refractivity contribution is 0.628. The Morgan fingerprint density at radius 3 is 2.07 bits per heavy atom. The van der Waals surface area contributed by atoms with Crippen molar-refractivity contribution in [3.05, 3.63) is 168 Å². The molecule has 0 fully saturated rings. The maximum absolute atomic E-state index is 13.7. The van der Waals surface area contributed by atoms with Crippen LogP contribution in [0.15, 0.2) is 150 Å². The van der Waals surface area contributed by atoms with E-state index in [1.807, 2.05) is 36.4 Å². The highest BCUT2D eigenvalue weighted by Crippen LogP contribution is 2.41. The number of aliphatic imine (C=N–C) groups is 2. The van der Waals surface area contributed by atoms with Gasteiger partial charge in [0.15, 0.2) is 5.84 Å². The number of benzene rings is 5. The summed E-state index contributed by atoms with van der Waals surface area (Å²) in [5.41, 5.74) is 13.0. The third-order valence-corrected chi connectivity index (χ3v) is 8.18. The maximum atomic E-state index is 13.7. The predicted octanol–water partition coefficient (Wildman–Crippen LogP) is 9.68. The smallest absolute Gasteiger partial charge is 0.162 e. The average Bonchev–Trinajstić information content (AvgIpc) is 3.78. The standard InChI is InChI=1S/C39H26FN3/c40-30-20-18-27(19-21-30)35-23-33(25-10-3-1-4-11-25)38(41-35)43-39-34(26-12-5-2-6-13-26)24-36(42-39)32-17-9-15-29-22-28-14-7-8-16-31(28)37(29)32/h1-21,23-24,41H,22H2. The van der Waals surface area contributed by atoms with Gasteiger partial charge in [-0.25, -0.2) is 14.4 Å². The number of amidine groups is 1. The zero-order chi connectivity index (χ0) is 28.8. The molecule has 0 saturated heterocycles. The lowest BCUT2D eigenvalue weighted by Gasteiger charge is -2.08. The van der Waals surface area contributed by atoms with Crippen LogP contribution < -0.4 is 0 Å². The van der Waals surface area contributed by atoms with Crippen LogP contribution in [-0.4, -0.2) is 16.5 Å². The normalized spacial score (nSPS) is 14.4. The molecule has 204 valence electrons. The highest BCUT2D eigenvalue weighted by molar-refractivity contribution is 6.39. The van der Waals surface area contributed by atoms with Crippen LogP contribution in [0, 0.1) is 5.82 Å². The van der Waals surface area contributed by atoms with E-state index in [-0.39, 0.29) is 5.82 Å². The molecule has 8 rings (SSSR count). The molecule has 0 bridgehead atoms. The molecule has 1 N–H and O–H groups in total. The molecule has 1 aromatic heterocycles. The summed E-state index contributed by atoms with van der Waals surface area (Å²) in [5, 5.41) is 0. The number of hydrogen-bond acceptors (Lipinski definition) is 1. The van der Waals surface area contributed by atoms with Crippen molar-refractivity contribution in [2.24, 2.45) is 9.98 Å². The van der Waals surface area contributed by atoms with Crippen LogP contribution in [0.2, 0.25) is 0 Å². The molecule has 0 spiro atoms. The molecular formula is C39H26FN3. The van der Waals surface area contributed by atoms with E-state index in [2.05, 4.69) is 83.9 Å². The number of halogens is 1. The van der Waals surface area contributed by atoms with E-state index in [9.17, 15) is 4.39 Å². The summed E-state index contributed by atoms with van der Waals surface area (Å²) < 4.78 is 13.7. The first-order valence-electron chi connectivity index (χ1n) is 14.4. The average molecular weight is 556 g/mol. The lowest BCUT2D eigenvalue weighted by Crippen LogP contribution is -1.99. The zero-order valence-electron chi connectivity index (χ0n) is 23.3. The van der Waals surface area contributed by atoms with Crippen molar-refractivity contribution < 1.29 is 4.39 Å². The molecule has 3 nitrogen and oxygen atoms in total. The van der Waals surface area contributed by atoms with Crippen LogP contribution >= 0.6 is 0 Å². The van der Waals surface area contributed by atoms with E-state index < -0.39 is 0 Å². The second-order valence-corrected chi connectivity index (χ2v) is 10.8. The Bertz CT molecular complexity index is 2080. The third kappa shape index (κ3) is 4.54. The van der Waals surface area contributed by atoms with Crippen molar-refractivity contribution in [2.45, 2.75) is 6.42 Å². The first kappa shape index (κ1) is 25.1. The molecule has 0 unspecified atom stereocenters. The van der Waals surface area contributed by atoms with Gasteiger partial charge < -0.3 is 4.98 Å². The zero-order valence-corrected chi connectivity index (χ0v) is 23.3. The van der Waals surface area contributed by atoms with Gasteiger partial charge in [0.1, 0.15) is 11.6 Å². The van der Waals surface area contributed by atoms with Crippen LogP contribution in [0.1, 0.15) is 22.3 Å². The minimum Gasteiger partial charge on any atom is -0.339 e. The van der Waals surface area contributed by atoms with Gasteiger partial charge in [-0.3, -0.25) is 0 Å². The summed E-state index contributed by atoms with van der Waals surface area (Å²) in [6.07, 6.45) is 3.09. The quantitative estimate of drug-likeness (QED) is 0.220. The summed E-state index contributed by atoms with van der Waals surface area (Å²) >= 11 is 0. The predicted molar refractivity (Wildman–Crippen MR) is 174 cm³/mol. The van der Waals surface area contributed by atoms with Crippen LogP contribution in [0.5, 0.6) is 0 Å². The molecule has 2 heterocycles. The van der Waals surface area contributed by atoms with E-state index in [1.54, 1.807) is 12.1 Å². The molecule has 43 heavy (non-hydrogen) atoms. The number of H-pyrrole nitrogens is 1. The molecule has 0 saturated carbocycles. The first-order chi connectivity index (χ1) is 21.2. The van der Waals surface area contributed by atoms with Crippen LogP contribution in [-0.2, 0) is 6.42 Å². The molecule has 0 amide bonds. The van der Waals surface area contributed by atoms with E-state index in [4.69, 9.17) is 9.98 Å². The largest absolute Gasteiger partial charge is 0.339 e. The van der Waals surface area contributed by atoms with Crippen molar-refractivity contribution in [1.82, 2.24) is 4.98 Å². The van der Waals surface area contributed by atoms with E-state index >= 15 is 0 Å².